The molecule has 0 bridgehead atoms. The van der Waals surface area contributed by atoms with E-state index < -0.39 is 17.9 Å². The van der Waals surface area contributed by atoms with Crippen LogP contribution < -0.4 is 5.11 Å². The number of quaternary nitrogens is 1. The Morgan fingerprint density at radius 2 is 1.12 bits per heavy atom. The van der Waals surface area contributed by atoms with E-state index in [-0.39, 0.29) is 19.3 Å². The van der Waals surface area contributed by atoms with Gasteiger partial charge in [0.1, 0.15) is 0 Å². The summed E-state index contributed by atoms with van der Waals surface area (Å²) in [7, 11) is 0. The van der Waals surface area contributed by atoms with E-state index in [0.29, 0.717) is 43.4 Å². The lowest BCUT2D eigenvalue weighted by Crippen LogP contribution is -2.46. The van der Waals surface area contributed by atoms with Gasteiger partial charge < -0.3 is 20.1 Å². The molecule has 0 radical (unpaired) electrons. The Balaban J connectivity index is 4.70. The van der Waals surface area contributed by atoms with E-state index in [1.807, 2.05) is 0 Å². The first-order valence-corrected chi connectivity index (χ1v) is 12.5. The molecule has 7 heteroatoms. The van der Waals surface area contributed by atoms with Gasteiger partial charge in [-0.15, -0.1) is 0 Å². The van der Waals surface area contributed by atoms with Crippen molar-refractivity contribution in [3.05, 3.63) is 12.3 Å². The molecule has 2 N–H and O–H groups in total. The van der Waals surface area contributed by atoms with Crippen molar-refractivity contribution in [2.75, 3.05) is 19.6 Å². The highest BCUT2D eigenvalue weighted by molar-refractivity contribution is 5.66. The van der Waals surface area contributed by atoms with Gasteiger partial charge in [-0.25, -0.2) is 0 Å². The van der Waals surface area contributed by atoms with Gasteiger partial charge in [0.15, 0.2) is 0 Å². The molecule has 0 aromatic rings. The third kappa shape index (κ3) is 18.8. The molecule has 186 valence electrons. The van der Waals surface area contributed by atoms with Crippen molar-refractivity contribution >= 4 is 17.9 Å². The Kier molecular flexibility index (Phi) is 18.6. The lowest BCUT2D eigenvalue weighted by atomic mass is 10.1. The summed E-state index contributed by atoms with van der Waals surface area (Å²) in [5, 5.41) is 28.9. The van der Waals surface area contributed by atoms with Crippen LogP contribution in [-0.4, -0.2) is 52.2 Å². The molecular formula is C25H45NO6. The summed E-state index contributed by atoms with van der Waals surface area (Å²) >= 11 is 0. The van der Waals surface area contributed by atoms with Gasteiger partial charge >= 0.3 is 11.9 Å². The quantitative estimate of drug-likeness (QED) is 0.173. The summed E-state index contributed by atoms with van der Waals surface area (Å²) in [6.07, 6.45) is 17.9. The van der Waals surface area contributed by atoms with Gasteiger partial charge in [-0.3, -0.25) is 14.1 Å². The molecule has 0 aromatic heterocycles. The van der Waals surface area contributed by atoms with Crippen molar-refractivity contribution < 1.29 is 34.2 Å². The van der Waals surface area contributed by atoms with Gasteiger partial charge in [0, 0.05) is 25.2 Å². The molecule has 0 heterocycles. The van der Waals surface area contributed by atoms with E-state index in [4.69, 9.17) is 10.2 Å². The zero-order valence-corrected chi connectivity index (χ0v) is 20.1. The molecule has 0 aliphatic carbocycles. The molecule has 0 aliphatic heterocycles. The van der Waals surface area contributed by atoms with Crippen molar-refractivity contribution in [2.45, 2.75) is 110 Å². The first-order chi connectivity index (χ1) is 15.3. The maximum Gasteiger partial charge on any atom is 0.303 e. The third-order valence-corrected chi connectivity index (χ3v) is 5.87. The third-order valence-electron chi connectivity index (χ3n) is 5.87. The second-order valence-corrected chi connectivity index (χ2v) is 8.86. The highest BCUT2D eigenvalue weighted by atomic mass is 16.4. The summed E-state index contributed by atoms with van der Waals surface area (Å²) in [6.45, 7) is 3.89. The number of carboxylic acids is 3. The number of carboxylic acid groups (broad SMARTS) is 3. The maximum atomic E-state index is 11.0. The summed E-state index contributed by atoms with van der Waals surface area (Å²) in [5.74, 6) is -2.82. The monoisotopic (exact) mass is 455 g/mol. The Labute approximate surface area is 194 Å². The van der Waals surface area contributed by atoms with Gasteiger partial charge in [0.05, 0.1) is 38.7 Å². The van der Waals surface area contributed by atoms with Crippen LogP contribution in [0.3, 0.4) is 0 Å². The molecular weight excluding hydrogens is 410 g/mol. The van der Waals surface area contributed by atoms with Crippen LogP contribution in [0.2, 0.25) is 0 Å². The topological polar surface area (TPSA) is 115 Å². The number of nitrogens with zero attached hydrogens (tertiary/aromatic N) is 1. The summed E-state index contributed by atoms with van der Waals surface area (Å²) < 4.78 is 0.436. The summed E-state index contributed by atoms with van der Waals surface area (Å²) in [5.41, 5.74) is 0. The van der Waals surface area contributed by atoms with Crippen LogP contribution in [0.25, 0.3) is 0 Å². The Morgan fingerprint density at radius 1 is 0.688 bits per heavy atom. The van der Waals surface area contributed by atoms with Crippen molar-refractivity contribution in [3.8, 4) is 0 Å². The van der Waals surface area contributed by atoms with Crippen LogP contribution in [0.5, 0.6) is 0 Å². The van der Waals surface area contributed by atoms with Gasteiger partial charge in [-0.2, -0.15) is 0 Å². The number of hydrogen-bond acceptors (Lipinski definition) is 4. The minimum atomic E-state index is -1.10. The van der Waals surface area contributed by atoms with E-state index in [0.717, 1.165) is 12.8 Å². The molecule has 0 amide bonds. The average molecular weight is 456 g/mol. The van der Waals surface area contributed by atoms with Crippen LogP contribution in [0.1, 0.15) is 110 Å². The van der Waals surface area contributed by atoms with E-state index in [2.05, 4.69) is 19.2 Å². The second kappa shape index (κ2) is 19.8. The van der Waals surface area contributed by atoms with Crippen molar-refractivity contribution in [1.82, 2.24) is 0 Å². The van der Waals surface area contributed by atoms with Crippen molar-refractivity contribution in [3.63, 3.8) is 0 Å². The molecule has 0 fully saturated rings. The Morgan fingerprint density at radius 3 is 1.56 bits per heavy atom. The molecule has 0 rings (SSSR count). The largest absolute Gasteiger partial charge is 0.550 e. The van der Waals surface area contributed by atoms with Crippen molar-refractivity contribution in [2.24, 2.45) is 0 Å². The zero-order valence-electron chi connectivity index (χ0n) is 20.1. The molecule has 0 aromatic carbocycles. The molecule has 0 saturated heterocycles. The van der Waals surface area contributed by atoms with E-state index in [1.165, 1.54) is 51.4 Å². The Bertz CT molecular complexity index is 496. The highest BCUT2D eigenvalue weighted by Gasteiger charge is 2.24. The van der Waals surface area contributed by atoms with Gasteiger partial charge in [0.2, 0.25) is 0 Å². The zero-order chi connectivity index (χ0) is 24.1. The van der Waals surface area contributed by atoms with E-state index >= 15 is 0 Å². The lowest BCUT2D eigenvalue weighted by Gasteiger charge is -2.35. The standard InChI is InChI=1S/C25H45NO6/c1-2-3-4-5-6-7-8-9-10-11-12-19-26(20-13-16-23(27)28,21-14-17-24(29)30)22-15-18-25(31)32/h12,19H,2-11,13-18,20-22H2,1H3,(H2-,27,28,29,30,31,32)/b19-12+. The minimum absolute atomic E-state index is 0.0471. The predicted octanol–water partition coefficient (Wildman–Crippen LogP) is 4.50. The smallest absolute Gasteiger partial charge is 0.303 e. The molecule has 0 aliphatic rings. The maximum absolute atomic E-state index is 11.0. The Hall–Kier alpha value is -1.89. The van der Waals surface area contributed by atoms with E-state index in [9.17, 15) is 19.5 Å². The number of carbonyl (C=O) groups is 3. The first-order valence-electron chi connectivity index (χ1n) is 12.5. The van der Waals surface area contributed by atoms with Crippen LogP contribution >= 0.6 is 0 Å². The SMILES string of the molecule is CCCCCCCCCCC/C=C/[N+](CCCC(=O)[O-])(CCCC(=O)O)CCCC(=O)O. The number of aliphatic carboxylic acids is 3. The van der Waals surface area contributed by atoms with Crippen LogP contribution in [0.15, 0.2) is 12.3 Å². The number of allylic oxidation sites excluding steroid dienone is 1. The second-order valence-electron chi connectivity index (χ2n) is 8.86. The molecule has 0 atom stereocenters. The highest BCUT2D eigenvalue weighted by Crippen LogP contribution is 2.18. The molecule has 32 heavy (non-hydrogen) atoms. The minimum Gasteiger partial charge on any atom is -0.550 e. The molecule has 0 spiro atoms. The number of hydrogen-bond donors (Lipinski definition) is 2. The predicted molar refractivity (Wildman–Crippen MR) is 124 cm³/mol. The van der Waals surface area contributed by atoms with Gasteiger partial charge in [-0.1, -0.05) is 58.3 Å². The van der Waals surface area contributed by atoms with Crippen LogP contribution in [0, 0.1) is 0 Å². The van der Waals surface area contributed by atoms with Crippen molar-refractivity contribution in [1.29, 1.82) is 0 Å². The fraction of sp³-hybridized carbons (Fsp3) is 0.800. The average Bonchev–Trinajstić information content (AvgIpc) is 2.71. The number of rotatable bonds is 23. The van der Waals surface area contributed by atoms with Gasteiger partial charge in [0.25, 0.3) is 0 Å². The van der Waals surface area contributed by atoms with E-state index in [1.54, 1.807) is 0 Å². The lowest BCUT2D eigenvalue weighted by molar-refractivity contribution is -0.880. The van der Waals surface area contributed by atoms with Crippen LogP contribution in [-0.2, 0) is 14.4 Å². The fourth-order valence-corrected chi connectivity index (χ4v) is 4.06. The summed E-state index contributed by atoms with van der Waals surface area (Å²) in [6, 6.07) is 0. The number of carbonyl (C=O) groups excluding carboxylic acids is 1. The molecule has 7 nitrogen and oxygen atoms in total. The number of unbranched alkanes of at least 4 members (excludes halogenated alkanes) is 9. The molecule has 0 saturated carbocycles. The van der Waals surface area contributed by atoms with Gasteiger partial charge in [-0.05, 0) is 25.3 Å². The first kappa shape index (κ1) is 30.1. The normalized spacial score (nSPS) is 11.8. The summed E-state index contributed by atoms with van der Waals surface area (Å²) in [4.78, 5) is 32.8. The van der Waals surface area contributed by atoms with Crippen LogP contribution in [0.4, 0.5) is 0 Å². The fourth-order valence-electron chi connectivity index (χ4n) is 4.06. The molecule has 0 unspecified atom stereocenters.